The second-order valence-electron chi connectivity index (χ2n) is 4.61. The topological polar surface area (TPSA) is 20.3 Å². The minimum atomic E-state index is 0.379. The molecule has 1 aromatic rings. The summed E-state index contributed by atoms with van der Waals surface area (Å²) in [4.78, 5) is 15.0. The molecule has 0 aliphatic heterocycles. The van der Waals surface area contributed by atoms with Crippen molar-refractivity contribution in [2.24, 2.45) is 0 Å². The lowest BCUT2D eigenvalue weighted by atomic mass is 10.1. The van der Waals surface area contributed by atoms with Crippen molar-refractivity contribution in [2.75, 3.05) is 13.6 Å². The number of nitrogens with zero attached hydrogens (tertiary/aromatic N) is 1. The average molecular weight is 253 g/mol. The van der Waals surface area contributed by atoms with Gasteiger partial charge in [-0.2, -0.15) is 0 Å². The van der Waals surface area contributed by atoms with Crippen molar-refractivity contribution in [1.29, 1.82) is 0 Å². The van der Waals surface area contributed by atoms with Crippen molar-refractivity contribution in [3.05, 3.63) is 22.4 Å². The fourth-order valence-electron chi connectivity index (χ4n) is 1.80. The van der Waals surface area contributed by atoms with Crippen LogP contribution >= 0.6 is 11.3 Å². The summed E-state index contributed by atoms with van der Waals surface area (Å²) in [5, 5.41) is 2.13. The van der Waals surface area contributed by atoms with Gasteiger partial charge in [0, 0.05) is 23.8 Å². The minimum absolute atomic E-state index is 0.379. The Morgan fingerprint density at radius 1 is 1.53 bits per heavy atom. The molecule has 3 heteroatoms. The van der Waals surface area contributed by atoms with Gasteiger partial charge in [0.25, 0.3) is 0 Å². The predicted molar refractivity (Wildman–Crippen MR) is 74.6 cm³/mol. The van der Waals surface area contributed by atoms with Crippen molar-refractivity contribution in [2.45, 2.75) is 45.6 Å². The van der Waals surface area contributed by atoms with E-state index in [-0.39, 0.29) is 0 Å². The van der Waals surface area contributed by atoms with Gasteiger partial charge in [-0.25, -0.2) is 0 Å². The molecule has 1 rings (SSSR count). The zero-order valence-corrected chi connectivity index (χ0v) is 11.9. The SMILES string of the molecule is CCC(=O)CCCN(C)C(C)Cc1cccs1. The summed E-state index contributed by atoms with van der Waals surface area (Å²) < 4.78 is 0. The lowest BCUT2D eigenvalue weighted by Crippen LogP contribution is -2.31. The molecule has 0 bridgehead atoms. The highest BCUT2D eigenvalue weighted by Gasteiger charge is 2.10. The van der Waals surface area contributed by atoms with Crippen molar-refractivity contribution >= 4 is 17.1 Å². The van der Waals surface area contributed by atoms with Crippen LogP contribution in [0.1, 0.15) is 38.0 Å². The van der Waals surface area contributed by atoms with Gasteiger partial charge in [-0.15, -0.1) is 11.3 Å². The lowest BCUT2D eigenvalue weighted by Gasteiger charge is -2.24. The number of likely N-dealkylation sites (N-methyl/N-ethyl adjacent to an activating group) is 1. The van der Waals surface area contributed by atoms with Crippen LogP contribution in [0.3, 0.4) is 0 Å². The Labute approximate surface area is 109 Å². The third-order valence-electron chi connectivity index (χ3n) is 3.19. The molecule has 0 saturated carbocycles. The van der Waals surface area contributed by atoms with Crippen LogP contribution in [-0.2, 0) is 11.2 Å². The molecule has 1 aromatic heterocycles. The van der Waals surface area contributed by atoms with Crippen molar-refractivity contribution in [3.8, 4) is 0 Å². The quantitative estimate of drug-likeness (QED) is 0.708. The van der Waals surface area contributed by atoms with E-state index in [2.05, 4.69) is 36.4 Å². The molecule has 1 heterocycles. The fraction of sp³-hybridized carbons (Fsp3) is 0.643. The molecule has 96 valence electrons. The Morgan fingerprint density at radius 3 is 2.88 bits per heavy atom. The van der Waals surface area contributed by atoms with Crippen LogP contribution in [0.15, 0.2) is 17.5 Å². The van der Waals surface area contributed by atoms with Gasteiger partial charge in [-0.3, -0.25) is 4.79 Å². The van der Waals surface area contributed by atoms with Gasteiger partial charge < -0.3 is 4.90 Å². The van der Waals surface area contributed by atoms with Gasteiger partial charge in [0.2, 0.25) is 0 Å². The molecule has 0 spiro atoms. The van der Waals surface area contributed by atoms with E-state index >= 15 is 0 Å². The highest BCUT2D eigenvalue weighted by molar-refractivity contribution is 7.09. The molecule has 0 saturated heterocycles. The van der Waals surface area contributed by atoms with E-state index in [9.17, 15) is 4.79 Å². The fourth-order valence-corrected chi connectivity index (χ4v) is 2.62. The Balaban J connectivity index is 2.22. The summed E-state index contributed by atoms with van der Waals surface area (Å²) in [5.41, 5.74) is 0. The molecule has 0 amide bonds. The standard InChI is InChI=1S/C14H23NOS/c1-4-13(16)7-5-9-15(3)12(2)11-14-8-6-10-17-14/h6,8,10,12H,4-5,7,9,11H2,1-3H3. The van der Waals surface area contributed by atoms with Gasteiger partial charge in [0.1, 0.15) is 5.78 Å². The molecule has 0 aliphatic carbocycles. The lowest BCUT2D eigenvalue weighted by molar-refractivity contribution is -0.118. The van der Waals surface area contributed by atoms with E-state index in [1.54, 1.807) is 0 Å². The highest BCUT2D eigenvalue weighted by Crippen LogP contribution is 2.13. The zero-order valence-electron chi connectivity index (χ0n) is 11.1. The maximum absolute atomic E-state index is 11.2. The normalized spacial score (nSPS) is 12.9. The van der Waals surface area contributed by atoms with Gasteiger partial charge in [-0.1, -0.05) is 13.0 Å². The molecule has 0 fully saturated rings. The Kier molecular flexibility index (Phi) is 6.45. The Bertz CT molecular complexity index is 321. The second kappa shape index (κ2) is 7.62. The highest BCUT2D eigenvalue weighted by atomic mass is 32.1. The first-order chi connectivity index (χ1) is 8.13. The summed E-state index contributed by atoms with van der Waals surface area (Å²) in [7, 11) is 2.15. The number of thiophene rings is 1. The van der Waals surface area contributed by atoms with Crippen LogP contribution in [0.2, 0.25) is 0 Å². The average Bonchev–Trinajstić information content (AvgIpc) is 2.81. The van der Waals surface area contributed by atoms with Gasteiger partial charge >= 0.3 is 0 Å². The maximum Gasteiger partial charge on any atom is 0.132 e. The third-order valence-corrected chi connectivity index (χ3v) is 4.09. The summed E-state index contributed by atoms with van der Waals surface area (Å²) in [6, 6.07) is 4.84. The first-order valence-electron chi connectivity index (χ1n) is 6.37. The number of ketones is 1. The molecule has 17 heavy (non-hydrogen) atoms. The largest absolute Gasteiger partial charge is 0.303 e. The van der Waals surface area contributed by atoms with Crippen LogP contribution in [0.25, 0.3) is 0 Å². The summed E-state index contributed by atoms with van der Waals surface area (Å²) >= 11 is 1.82. The van der Waals surface area contributed by atoms with Crippen LogP contribution in [0, 0.1) is 0 Å². The van der Waals surface area contributed by atoms with Crippen molar-refractivity contribution < 1.29 is 4.79 Å². The molecule has 0 N–H and O–H groups in total. The van der Waals surface area contributed by atoms with E-state index in [1.807, 2.05) is 18.3 Å². The monoisotopic (exact) mass is 253 g/mol. The molecular weight excluding hydrogens is 230 g/mol. The molecule has 1 atom stereocenters. The Hall–Kier alpha value is -0.670. The number of Topliss-reactive ketones (excluding diaryl/α,β-unsaturated/α-hetero) is 1. The summed E-state index contributed by atoms with van der Waals surface area (Å²) in [5.74, 6) is 0.379. The van der Waals surface area contributed by atoms with Gasteiger partial charge in [-0.05, 0) is 44.8 Å². The number of carbonyl (C=O) groups excluding carboxylic acids is 1. The number of rotatable bonds is 8. The van der Waals surface area contributed by atoms with E-state index in [4.69, 9.17) is 0 Å². The minimum Gasteiger partial charge on any atom is -0.303 e. The van der Waals surface area contributed by atoms with Crippen LogP contribution in [0.4, 0.5) is 0 Å². The van der Waals surface area contributed by atoms with E-state index in [1.165, 1.54) is 4.88 Å². The predicted octanol–water partition coefficient (Wildman–Crippen LogP) is 3.37. The first kappa shape index (κ1) is 14.4. The molecule has 2 nitrogen and oxygen atoms in total. The summed E-state index contributed by atoms with van der Waals surface area (Å²) in [6.45, 7) is 5.20. The van der Waals surface area contributed by atoms with Gasteiger partial charge in [0.15, 0.2) is 0 Å². The van der Waals surface area contributed by atoms with Crippen LogP contribution < -0.4 is 0 Å². The molecule has 0 aliphatic rings. The molecule has 0 radical (unpaired) electrons. The van der Waals surface area contributed by atoms with E-state index in [0.717, 1.165) is 25.8 Å². The number of carbonyl (C=O) groups is 1. The Morgan fingerprint density at radius 2 is 2.29 bits per heavy atom. The van der Waals surface area contributed by atoms with Crippen LogP contribution in [0.5, 0.6) is 0 Å². The second-order valence-corrected chi connectivity index (χ2v) is 5.64. The molecule has 0 aromatic carbocycles. The molecular formula is C14H23NOS. The maximum atomic E-state index is 11.2. The number of hydrogen-bond donors (Lipinski definition) is 0. The van der Waals surface area contributed by atoms with Gasteiger partial charge in [0.05, 0.1) is 0 Å². The summed E-state index contributed by atoms with van der Waals surface area (Å²) in [6.07, 6.45) is 3.49. The third kappa shape index (κ3) is 5.46. The van der Waals surface area contributed by atoms with Crippen LogP contribution in [-0.4, -0.2) is 30.3 Å². The smallest absolute Gasteiger partial charge is 0.132 e. The van der Waals surface area contributed by atoms with Crippen molar-refractivity contribution in [1.82, 2.24) is 4.90 Å². The number of hydrogen-bond acceptors (Lipinski definition) is 3. The first-order valence-corrected chi connectivity index (χ1v) is 7.25. The van der Waals surface area contributed by atoms with E-state index in [0.29, 0.717) is 18.2 Å². The van der Waals surface area contributed by atoms with Crippen molar-refractivity contribution in [3.63, 3.8) is 0 Å². The zero-order chi connectivity index (χ0) is 12.7. The van der Waals surface area contributed by atoms with E-state index < -0.39 is 0 Å². The molecule has 1 unspecified atom stereocenters.